The second-order valence-corrected chi connectivity index (χ2v) is 5.47. The van der Waals surface area contributed by atoms with Gasteiger partial charge in [0.25, 0.3) is 5.69 Å². The Kier molecular flexibility index (Phi) is 3.87. The Hall–Kier alpha value is -2.69. The van der Waals surface area contributed by atoms with Gasteiger partial charge in [-0.15, -0.1) is 0 Å². The van der Waals surface area contributed by atoms with Crippen molar-refractivity contribution in [1.29, 1.82) is 0 Å². The number of non-ortho nitro benzene ring substituents is 1. The number of nitro benzene ring substituents is 1. The van der Waals surface area contributed by atoms with Crippen LogP contribution in [0.3, 0.4) is 0 Å². The minimum Gasteiger partial charge on any atom is -0.411 e. The number of nitrogens with zero attached hydrogens (tertiary/aromatic N) is 2. The average molecular weight is 296 g/mol. The number of rotatable bonds is 3. The summed E-state index contributed by atoms with van der Waals surface area (Å²) in [6, 6.07) is 14.7. The number of fused-ring (bicyclic) bond motifs is 1. The van der Waals surface area contributed by atoms with Crippen LogP contribution in [0.25, 0.3) is 0 Å². The summed E-state index contributed by atoms with van der Waals surface area (Å²) >= 11 is 0. The predicted molar refractivity (Wildman–Crippen MR) is 83.5 cm³/mol. The zero-order valence-corrected chi connectivity index (χ0v) is 12.0. The van der Waals surface area contributed by atoms with E-state index in [0.29, 0.717) is 6.42 Å². The van der Waals surface area contributed by atoms with Crippen LogP contribution in [0.1, 0.15) is 29.0 Å². The minimum atomic E-state index is -0.402. The standard InChI is InChI=1S/C17H16N2O3/c20-18-17-10-7-13-3-1-2-4-15(13)16(17)11-12-5-8-14(9-6-12)19(21)22/h1-6,8-9,16,20H,7,10-11H2/b18-17-. The quantitative estimate of drug-likeness (QED) is 0.533. The molecule has 1 atom stereocenters. The van der Waals surface area contributed by atoms with E-state index in [2.05, 4.69) is 17.3 Å². The Morgan fingerprint density at radius 2 is 1.86 bits per heavy atom. The third-order valence-electron chi connectivity index (χ3n) is 4.20. The van der Waals surface area contributed by atoms with Crippen LogP contribution in [0.15, 0.2) is 53.7 Å². The van der Waals surface area contributed by atoms with E-state index in [9.17, 15) is 15.3 Å². The third-order valence-corrected chi connectivity index (χ3v) is 4.20. The first-order valence-electron chi connectivity index (χ1n) is 7.21. The molecule has 0 amide bonds. The first kappa shape index (κ1) is 14.3. The molecule has 5 nitrogen and oxygen atoms in total. The lowest BCUT2D eigenvalue weighted by Gasteiger charge is -2.26. The second kappa shape index (κ2) is 5.97. The molecule has 0 aromatic heterocycles. The number of hydrogen-bond acceptors (Lipinski definition) is 4. The van der Waals surface area contributed by atoms with E-state index in [1.54, 1.807) is 12.1 Å². The van der Waals surface area contributed by atoms with Gasteiger partial charge in [0.15, 0.2) is 0 Å². The summed E-state index contributed by atoms with van der Waals surface area (Å²) < 4.78 is 0. The molecule has 0 saturated heterocycles. The van der Waals surface area contributed by atoms with E-state index < -0.39 is 4.92 Å². The highest BCUT2D eigenvalue weighted by molar-refractivity contribution is 5.92. The van der Waals surface area contributed by atoms with Crippen LogP contribution in [0.4, 0.5) is 5.69 Å². The maximum atomic E-state index is 10.7. The summed E-state index contributed by atoms with van der Waals surface area (Å²) in [6.45, 7) is 0. The van der Waals surface area contributed by atoms with Gasteiger partial charge in [-0.3, -0.25) is 10.1 Å². The zero-order chi connectivity index (χ0) is 15.5. The molecule has 1 N–H and O–H groups in total. The van der Waals surface area contributed by atoms with Crippen molar-refractivity contribution in [3.8, 4) is 0 Å². The van der Waals surface area contributed by atoms with Gasteiger partial charge in [0.1, 0.15) is 0 Å². The monoisotopic (exact) mass is 296 g/mol. The molecule has 1 aliphatic carbocycles. The van der Waals surface area contributed by atoms with Crippen LogP contribution in [-0.2, 0) is 12.8 Å². The normalized spacial score (nSPS) is 18.9. The summed E-state index contributed by atoms with van der Waals surface area (Å²) in [7, 11) is 0. The number of benzene rings is 2. The lowest BCUT2D eigenvalue weighted by atomic mass is 9.78. The lowest BCUT2D eigenvalue weighted by molar-refractivity contribution is -0.384. The number of nitro groups is 1. The summed E-state index contributed by atoms with van der Waals surface area (Å²) in [5.41, 5.74) is 4.32. The molecule has 0 saturated carbocycles. The molecule has 2 aromatic carbocycles. The first-order chi connectivity index (χ1) is 10.7. The van der Waals surface area contributed by atoms with Gasteiger partial charge in [0.05, 0.1) is 10.6 Å². The van der Waals surface area contributed by atoms with Crippen molar-refractivity contribution in [1.82, 2.24) is 0 Å². The van der Waals surface area contributed by atoms with Gasteiger partial charge in [0, 0.05) is 18.1 Å². The SMILES string of the molecule is O=[N+]([O-])c1ccc(CC2/C(=N\O)CCc3ccccc32)cc1. The van der Waals surface area contributed by atoms with Crippen molar-refractivity contribution < 1.29 is 10.1 Å². The highest BCUT2D eigenvalue weighted by atomic mass is 16.6. The summed E-state index contributed by atoms with van der Waals surface area (Å²) in [4.78, 5) is 10.3. The van der Waals surface area contributed by atoms with Crippen molar-refractivity contribution >= 4 is 11.4 Å². The van der Waals surface area contributed by atoms with Crippen LogP contribution in [-0.4, -0.2) is 15.8 Å². The van der Waals surface area contributed by atoms with Gasteiger partial charge in [-0.2, -0.15) is 0 Å². The minimum absolute atomic E-state index is 0.0245. The fourth-order valence-corrected chi connectivity index (χ4v) is 3.06. The fraction of sp³-hybridized carbons (Fsp3) is 0.235. The fourth-order valence-electron chi connectivity index (χ4n) is 3.06. The van der Waals surface area contributed by atoms with Crippen molar-refractivity contribution in [3.63, 3.8) is 0 Å². The van der Waals surface area contributed by atoms with E-state index in [1.807, 2.05) is 12.1 Å². The topological polar surface area (TPSA) is 75.7 Å². The molecule has 0 aliphatic heterocycles. The van der Waals surface area contributed by atoms with Crippen molar-refractivity contribution in [2.45, 2.75) is 25.2 Å². The van der Waals surface area contributed by atoms with E-state index in [1.165, 1.54) is 23.3 Å². The van der Waals surface area contributed by atoms with Gasteiger partial charge in [-0.05, 0) is 36.0 Å². The maximum absolute atomic E-state index is 10.7. The summed E-state index contributed by atoms with van der Waals surface area (Å²) in [5, 5.41) is 23.5. The van der Waals surface area contributed by atoms with Crippen molar-refractivity contribution in [2.75, 3.05) is 0 Å². The number of hydrogen-bond donors (Lipinski definition) is 1. The van der Waals surface area contributed by atoms with Crippen molar-refractivity contribution in [3.05, 3.63) is 75.3 Å². The smallest absolute Gasteiger partial charge is 0.269 e. The summed E-state index contributed by atoms with van der Waals surface area (Å²) in [6.07, 6.45) is 2.30. The van der Waals surface area contributed by atoms with Gasteiger partial charge in [-0.1, -0.05) is 41.6 Å². The van der Waals surface area contributed by atoms with Crippen LogP contribution in [0, 0.1) is 10.1 Å². The van der Waals surface area contributed by atoms with Crippen LogP contribution in [0.5, 0.6) is 0 Å². The maximum Gasteiger partial charge on any atom is 0.269 e. The molecule has 0 heterocycles. The van der Waals surface area contributed by atoms with E-state index in [-0.39, 0.29) is 11.6 Å². The zero-order valence-electron chi connectivity index (χ0n) is 12.0. The second-order valence-electron chi connectivity index (χ2n) is 5.47. The molecule has 0 bridgehead atoms. The number of oxime groups is 1. The lowest BCUT2D eigenvalue weighted by Crippen LogP contribution is -2.22. The largest absolute Gasteiger partial charge is 0.411 e. The Labute approximate surface area is 128 Å². The Morgan fingerprint density at radius 3 is 2.55 bits per heavy atom. The molecule has 22 heavy (non-hydrogen) atoms. The van der Waals surface area contributed by atoms with Crippen LogP contribution < -0.4 is 0 Å². The number of aryl methyl sites for hydroxylation is 1. The van der Waals surface area contributed by atoms with Crippen LogP contribution >= 0.6 is 0 Å². The molecule has 1 unspecified atom stereocenters. The molecular formula is C17H16N2O3. The van der Waals surface area contributed by atoms with Gasteiger partial charge in [-0.25, -0.2) is 0 Å². The molecule has 2 aromatic rings. The van der Waals surface area contributed by atoms with Gasteiger partial charge >= 0.3 is 0 Å². The molecule has 0 radical (unpaired) electrons. The summed E-state index contributed by atoms with van der Waals surface area (Å²) in [5.74, 6) is 0.0245. The Morgan fingerprint density at radius 1 is 1.14 bits per heavy atom. The van der Waals surface area contributed by atoms with E-state index in [0.717, 1.165) is 24.1 Å². The van der Waals surface area contributed by atoms with Crippen molar-refractivity contribution in [2.24, 2.45) is 5.16 Å². The van der Waals surface area contributed by atoms with Gasteiger partial charge < -0.3 is 5.21 Å². The Balaban J connectivity index is 1.90. The first-order valence-corrected chi connectivity index (χ1v) is 7.21. The molecule has 0 spiro atoms. The van der Waals surface area contributed by atoms with E-state index >= 15 is 0 Å². The van der Waals surface area contributed by atoms with Gasteiger partial charge in [0.2, 0.25) is 0 Å². The Bertz CT molecular complexity index is 723. The highest BCUT2D eigenvalue weighted by Crippen LogP contribution is 2.32. The third kappa shape index (κ3) is 2.70. The molecular weight excluding hydrogens is 280 g/mol. The molecule has 5 heteroatoms. The molecule has 0 fully saturated rings. The van der Waals surface area contributed by atoms with Crippen LogP contribution in [0.2, 0.25) is 0 Å². The average Bonchev–Trinajstić information content (AvgIpc) is 2.55. The predicted octanol–water partition coefficient (Wildman–Crippen LogP) is 3.70. The highest BCUT2D eigenvalue weighted by Gasteiger charge is 2.26. The molecule has 1 aliphatic rings. The molecule has 112 valence electrons. The molecule has 3 rings (SSSR count). The van der Waals surface area contributed by atoms with E-state index in [4.69, 9.17) is 0 Å².